The van der Waals surface area contributed by atoms with Gasteiger partial charge in [0.05, 0.1) is 18.8 Å². The summed E-state index contributed by atoms with van der Waals surface area (Å²) in [5, 5.41) is 13.7. The predicted molar refractivity (Wildman–Crippen MR) is 75.7 cm³/mol. The molecule has 1 aliphatic rings. The maximum atomic E-state index is 13.8. The normalized spacial score (nSPS) is 23.1. The van der Waals surface area contributed by atoms with Crippen molar-refractivity contribution >= 4 is 15.9 Å². The van der Waals surface area contributed by atoms with Gasteiger partial charge in [-0.1, -0.05) is 22.0 Å². The van der Waals surface area contributed by atoms with Crippen molar-refractivity contribution in [3.63, 3.8) is 0 Å². The van der Waals surface area contributed by atoms with E-state index in [-0.39, 0.29) is 11.9 Å². The van der Waals surface area contributed by atoms with Gasteiger partial charge in [0.1, 0.15) is 5.82 Å². The molecule has 1 aliphatic heterocycles. The molecule has 2 N–H and O–H groups in total. The van der Waals surface area contributed by atoms with Crippen LogP contribution in [0.4, 0.5) is 4.39 Å². The summed E-state index contributed by atoms with van der Waals surface area (Å²) in [5.41, 5.74) is -0.419. The Morgan fingerprint density at radius 3 is 3.00 bits per heavy atom. The summed E-state index contributed by atoms with van der Waals surface area (Å²) in [6, 6.07) is 5.05. The predicted octanol–water partition coefficient (Wildman–Crippen LogP) is 2.26. The number of halogens is 2. The van der Waals surface area contributed by atoms with Gasteiger partial charge in [-0.05, 0) is 31.0 Å². The summed E-state index contributed by atoms with van der Waals surface area (Å²) in [4.78, 5) is 0. The second kappa shape index (κ2) is 6.31. The van der Waals surface area contributed by atoms with Gasteiger partial charge >= 0.3 is 0 Å². The quantitative estimate of drug-likeness (QED) is 0.889. The first-order valence-electron chi connectivity index (χ1n) is 6.44. The minimum absolute atomic E-state index is 0.127. The molecular formula is C14H19BrFNO2. The van der Waals surface area contributed by atoms with E-state index in [1.807, 2.05) is 0 Å². The van der Waals surface area contributed by atoms with Crippen molar-refractivity contribution < 1.29 is 14.2 Å². The first-order valence-corrected chi connectivity index (χ1v) is 7.23. The number of aliphatic hydroxyl groups is 1. The van der Waals surface area contributed by atoms with E-state index in [0.717, 1.165) is 6.54 Å². The Bertz CT molecular complexity index is 433. The van der Waals surface area contributed by atoms with Gasteiger partial charge in [0.15, 0.2) is 0 Å². The van der Waals surface area contributed by atoms with Crippen molar-refractivity contribution in [2.45, 2.75) is 31.4 Å². The van der Waals surface area contributed by atoms with Crippen molar-refractivity contribution in [1.29, 1.82) is 0 Å². The molecule has 3 nitrogen and oxygen atoms in total. The molecule has 106 valence electrons. The molecule has 1 heterocycles. The third-order valence-electron chi connectivity index (χ3n) is 3.27. The minimum Gasteiger partial charge on any atom is -0.390 e. The lowest BCUT2D eigenvalue weighted by atomic mass is 9.89. The zero-order valence-corrected chi connectivity index (χ0v) is 12.5. The molecule has 1 fully saturated rings. The number of benzene rings is 1. The van der Waals surface area contributed by atoms with Crippen LogP contribution in [0.3, 0.4) is 0 Å². The van der Waals surface area contributed by atoms with E-state index in [9.17, 15) is 9.50 Å². The molecule has 1 aromatic rings. The average Bonchev–Trinajstić information content (AvgIpc) is 2.33. The molecule has 0 aliphatic carbocycles. The standard InChI is InChI=1S/C14H19BrFNO2/c1-14(18,8-12-9-19-5-4-17-12)7-10-2-3-11(15)6-13(10)16/h2-3,6,12,17-18H,4-5,7-9H2,1H3. The van der Waals surface area contributed by atoms with E-state index >= 15 is 0 Å². The van der Waals surface area contributed by atoms with Gasteiger partial charge < -0.3 is 15.2 Å². The lowest BCUT2D eigenvalue weighted by Crippen LogP contribution is -2.46. The number of morpholine rings is 1. The van der Waals surface area contributed by atoms with Crippen LogP contribution >= 0.6 is 15.9 Å². The SMILES string of the molecule is CC(O)(Cc1ccc(Br)cc1F)CC1COCCN1. The fraction of sp³-hybridized carbons (Fsp3) is 0.571. The van der Waals surface area contributed by atoms with Gasteiger partial charge in [-0.25, -0.2) is 4.39 Å². The second-order valence-corrected chi connectivity index (χ2v) is 6.26. The Balaban J connectivity index is 1.99. The van der Waals surface area contributed by atoms with Crippen LogP contribution in [0.5, 0.6) is 0 Å². The van der Waals surface area contributed by atoms with E-state index in [0.29, 0.717) is 36.1 Å². The van der Waals surface area contributed by atoms with Gasteiger partial charge in [0, 0.05) is 23.5 Å². The van der Waals surface area contributed by atoms with Gasteiger partial charge in [0.2, 0.25) is 0 Å². The van der Waals surface area contributed by atoms with Crippen molar-refractivity contribution in [3.8, 4) is 0 Å². The van der Waals surface area contributed by atoms with Crippen LogP contribution in [-0.2, 0) is 11.2 Å². The number of rotatable bonds is 4. The molecule has 5 heteroatoms. The maximum absolute atomic E-state index is 13.8. The fourth-order valence-corrected chi connectivity index (χ4v) is 2.76. The molecule has 0 spiro atoms. The second-order valence-electron chi connectivity index (χ2n) is 5.34. The molecule has 2 atom stereocenters. The van der Waals surface area contributed by atoms with E-state index in [2.05, 4.69) is 21.2 Å². The Kier molecular flexibility index (Phi) is 4.95. The minimum atomic E-state index is -0.951. The molecule has 2 rings (SSSR count). The molecule has 1 saturated heterocycles. The van der Waals surface area contributed by atoms with Gasteiger partial charge in [-0.2, -0.15) is 0 Å². The van der Waals surface area contributed by atoms with Gasteiger partial charge in [-0.3, -0.25) is 0 Å². The molecule has 1 aromatic carbocycles. The van der Waals surface area contributed by atoms with Crippen molar-refractivity contribution in [2.24, 2.45) is 0 Å². The van der Waals surface area contributed by atoms with E-state index in [4.69, 9.17) is 4.74 Å². The highest BCUT2D eigenvalue weighted by atomic mass is 79.9. The first kappa shape index (κ1) is 14.9. The average molecular weight is 332 g/mol. The van der Waals surface area contributed by atoms with Crippen molar-refractivity contribution in [3.05, 3.63) is 34.1 Å². The Hall–Kier alpha value is -0.490. The summed E-state index contributed by atoms with van der Waals surface area (Å²) in [6.07, 6.45) is 0.840. The van der Waals surface area contributed by atoms with Crippen LogP contribution in [0.15, 0.2) is 22.7 Å². The monoisotopic (exact) mass is 331 g/mol. The van der Waals surface area contributed by atoms with Crippen molar-refractivity contribution in [1.82, 2.24) is 5.32 Å². The summed E-state index contributed by atoms with van der Waals surface area (Å²) in [5.74, 6) is -0.289. The smallest absolute Gasteiger partial charge is 0.127 e. The van der Waals surface area contributed by atoms with Crippen LogP contribution in [0.2, 0.25) is 0 Å². The fourth-order valence-electron chi connectivity index (χ4n) is 2.43. The summed E-state index contributed by atoms with van der Waals surface area (Å²) in [7, 11) is 0. The molecule has 0 aromatic heterocycles. The lowest BCUT2D eigenvalue weighted by molar-refractivity contribution is 0.00605. The van der Waals surface area contributed by atoms with E-state index in [1.54, 1.807) is 19.1 Å². The van der Waals surface area contributed by atoms with Crippen LogP contribution in [-0.4, -0.2) is 36.5 Å². The highest BCUT2D eigenvalue weighted by molar-refractivity contribution is 9.10. The van der Waals surface area contributed by atoms with Crippen LogP contribution in [0, 0.1) is 5.82 Å². The molecule has 0 radical (unpaired) electrons. The molecular weight excluding hydrogens is 313 g/mol. The maximum Gasteiger partial charge on any atom is 0.127 e. The summed E-state index contributed by atoms with van der Waals surface area (Å²) >= 11 is 3.23. The Labute approximate surface area is 121 Å². The molecule has 0 amide bonds. The first-order chi connectivity index (χ1) is 8.96. The topological polar surface area (TPSA) is 41.5 Å². The third kappa shape index (κ3) is 4.53. The van der Waals surface area contributed by atoms with Crippen LogP contribution in [0.25, 0.3) is 0 Å². The van der Waals surface area contributed by atoms with Crippen LogP contribution in [0.1, 0.15) is 18.9 Å². The molecule has 0 saturated carbocycles. The molecule has 19 heavy (non-hydrogen) atoms. The number of hydrogen-bond donors (Lipinski definition) is 2. The number of nitrogens with one attached hydrogen (secondary N) is 1. The molecule has 2 unspecified atom stereocenters. The third-order valence-corrected chi connectivity index (χ3v) is 3.76. The Morgan fingerprint density at radius 2 is 2.37 bits per heavy atom. The van der Waals surface area contributed by atoms with Gasteiger partial charge in [0.25, 0.3) is 0 Å². The zero-order valence-electron chi connectivity index (χ0n) is 11.0. The lowest BCUT2D eigenvalue weighted by Gasteiger charge is -2.31. The zero-order chi connectivity index (χ0) is 13.9. The largest absolute Gasteiger partial charge is 0.390 e. The highest BCUT2D eigenvalue weighted by Crippen LogP contribution is 2.23. The highest BCUT2D eigenvalue weighted by Gasteiger charge is 2.28. The molecule has 0 bridgehead atoms. The number of hydrogen-bond acceptors (Lipinski definition) is 3. The van der Waals surface area contributed by atoms with Crippen molar-refractivity contribution in [2.75, 3.05) is 19.8 Å². The van der Waals surface area contributed by atoms with Gasteiger partial charge in [-0.15, -0.1) is 0 Å². The summed E-state index contributed by atoms with van der Waals surface area (Å²) in [6.45, 7) is 3.84. The summed E-state index contributed by atoms with van der Waals surface area (Å²) < 4.78 is 19.8. The number of ether oxygens (including phenoxy) is 1. The van der Waals surface area contributed by atoms with Crippen LogP contribution < -0.4 is 5.32 Å². The van der Waals surface area contributed by atoms with E-state index in [1.165, 1.54) is 6.07 Å². The van der Waals surface area contributed by atoms with E-state index < -0.39 is 5.60 Å². The Morgan fingerprint density at radius 1 is 1.58 bits per heavy atom.